The maximum absolute atomic E-state index is 12.2. The highest BCUT2D eigenvalue weighted by Crippen LogP contribution is 2.23. The Balaban J connectivity index is 1.80. The van der Waals surface area contributed by atoms with Crippen molar-refractivity contribution in [3.8, 4) is 0 Å². The predicted molar refractivity (Wildman–Crippen MR) is 87.1 cm³/mol. The van der Waals surface area contributed by atoms with Crippen molar-refractivity contribution in [3.63, 3.8) is 0 Å². The van der Waals surface area contributed by atoms with Crippen LogP contribution >= 0.6 is 0 Å². The zero-order valence-electron chi connectivity index (χ0n) is 13.6. The number of nitrogens with one attached hydrogen (secondary N) is 1. The highest BCUT2D eigenvalue weighted by Gasteiger charge is 2.23. The number of carbonyl (C=O) groups excluding carboxylic acids is 1. The molecule has 1 aromatic carbocycles. The standard InChI is InChI=1S/C18H28N2O/c1-14-8-4-6-10-16(14)12-20(3)13-18(21)19-17-11-7-5-9-15(17)2/h4,6,8,10,15,17H,5,7,9,11-13H2,1-3H3,(H,19,21)/t15-,17+/m1/s1. The number of rotatable bonds is 5. The number of carbonyl (C=O) groups is 1. The van der Waals surface area contributed by atoms with Crippen LogP contribution in [0.3, 0.4) is 0 Å². The molecule has 0 unspecified atom stereocenters. The van der Waals surface area contributed by atoms with Gasteiger partial charge in [-0.2, -0.15) is 0 Å². The van der Waals surface area contributed by atoms with Crippen LogP contribution in [0.1, 0.15) is 43.7 Å². The van der Waals surface area contributed by atoms with Gasteiger partial charge < -0.3 is 5.32 Å². The molecule has 1 aliphatic carbocycles. The van der Waals surface area contributed by atoms with E-state index in [2.05, 4.69) is 48.3 Å². The number of hydrogen-bond acceptors (Lipinski definition) is 2. The summed E-state index contributed by atoms with van der Waals surface area (Å²) in [6, 6.07) is 8.73. The Hall–Kier alpha value is -1.35. The van der Waals surface area contributed by atoms with E-state index in [1.807, 2.05) is 7.05 Å². The smallest absolute Gasteiger partial charge is 0.234 e. The maximum Gasteiger partial charge on any atom is 0.234 e. The minimum absolute atomic E-state index is 0.157. The van der Waals surface area contributed by atoms with E-state index in [4.69, 9.17) is 0 Å². The van der Waals surface area contributed by atoms with Crippen LogP contribution in [0.15, 0.2) is 24.3 Å². The number of aryl methyl sites for hydroxylation is 1. The third-order valence-electron chi connectivity index (χ3n) is 4.57. The first kappa shape index (κ1) is 16.0. The van der Waals surface area contributed by atoms with Gasteiger partial charge in [0.25, 0.3) is 0 Å². The van der Waals surface area contributed by atoms with Crippen molar-refractivity contribution in [2.24, 2.45) is 5.92 Å². The maximum atomic E-state index is 12.2. The van der Waals surface area contributed by atoms with E-state index in [1.54, 1.807) is 0 Å². The third-order valence-corrected chi connectivity index (χ3v) is 4.57. The lowest BCUT2D eigenvalue weighted by molar-refractivity contribution is -0.123. The monoisotopic (exact) mass is 288 g/mol. The van der Waals surface area contributed by atoms with Crippen LogP contribution in [-0.2, 0) is 11.3 Å². The van der Waals surface area contributed by atoms with E-state index in [-0.39, 0.29) is 5.91 Å². The molecule has 0 aromatic heterocycles. The van der Waals surface area contributed by atoms with E-state index in [0.717, 1.165) is 13.0 Å². The van der Waals surface area contributed by atoms with Crippen molar-refractivity contribution in [1.82, 2.24) is 10.2 Å². The zero-order valence-corrected chi connectivity index (χ0v) is 13.6. The molecule has 1 N–H and O–H groups in total. The first-order valence-electron chi connectivity index (χ1n) is 8.08. The van der Waals surface area contributed by atoms with Gasteiger partial charge in [-0.15, -0.1) is 0 Å². The highest BCUT2D eigenvalue weighted by molar-refractivity contribution is 5.78. The number of nitrogens with zero attached hydrogens (tertiary/aromatic N) is 1. The fourth-order valence-corrected chi connectivity index (χ4v) is 3.16. The Morgan fingerprint density at radius 1 is 1.29 bits per heavy atom. The van der Waals surface area contributed by atoms with E-state index in [0.29, 0.717) is 18.5 Å². The molecule has 0 aliphatic heterocycles. The van der Waals surface area contributed by atoms with Crippen LogP contribution in [-0.4, -0.2) is 30.4 Å². The van der Waals surface area contributed by atoms with Crippen LogP contribution in [0.25, 0.3) is 0 Å². The topological polar surface area (TPSA) is 32.3 Å². The molecule has 1 aliphatic rings. The largest absolute Gasteiger partial charge is 0.352 e. The Morgan fingerprint density at radius 2 is 2.00 bits per heavy atom. The third kappa shape index (κ3) is 4.85. The van der Waals surface area contributed by atoms with Crippen LogP contribution in [0.2, 0.25) is 0 Å². The van der Waals surface area contributed by atoms with Gasteiger partial charge in [0.05, 0.1) is 6.54 Å². The van der Waals surface area contributed by atoms with Gasteiger partial charge in [0.15, 0.2) is 0 Å². The number of likely N-dealkylation sites (N-methyl/N-ethyl adjacent to an activating group) is 1. The molecule has 0 radical (unpaired) electrons. The number of amides is 1. The Labute approximate surface area is 128 Å². The molecule has 1 fully saturated rings. The van der Waals surface area contributed by atoms with Crippen LogP contribution < -0.4 is 5.32 Å². The fraction of sp³-hybridized carbons (Fsp3) is 0.611. The first-order chi connectivity index (χ1) is 10.1. The lowest BCUT2D eigenvalue weighted by Crippen LogP contribution is -2.44. The first-order valence-corrected chi connectivity index (χ1v) is 8.08. The normalized spacial score (nSPS) is 22.3. The molecule has 1 amide bonds. The van der Waals surface area contributed by atoms with Crippen molar-refractivity contribution >= 4 is 5.91 Å². The minimum Gasteiger partial charge on any atom is -0.352 e. The number of hydrogen-bond donors (Lipinski definition) is 1. The Kier molecular flexibility index (Phi) is 5.80. The summed E-state index contributed by atoms with van der Waals surface area (Å²) in [5.41, 5.74) is 2.57. The van der Waals surface area contributed by atoms with Gasteiger partial charge in [-0.25, -0.2) is 0 Å². The summed E-state index contributed by atoms with van der Waals surface area (Å²) < 4.78 is 0. The summed E-state index contributed by atoms with van der Waals surface area (Å²) in [4.78, 5) is 14.3. The molecule has 3 nitrogen and oxygen atoms in total. The van der Waals surface area contributed by atoms with Crippen LogP contribution in [0, 0.1) is 12.8 Å². The predicted octanol–water partition coefficient (Wildman–Crippen LogP) is 3.12. The second-order valence-corrected chi connectivity index (χ2v) is 6.53. The Bertz CT molecular complexity index is 472. The van der Waals surface area contributed by atoms with Gasteiger partial charge in [0.2, 0.25) is 5.91 Å². The molecule has 116 valence electrons. The summed E-state index contributed by atoms with van der Waals surface area (Å²) in [5.74, 6) is 0.772. The van der Waals surface area contributed by atoms with Crippen molar-refractivity contribution in [3.05, 3.63) is 35.4 Å². The van der Waals surface area contributed by atoms with Crippen molar-refractivity contribution in [1.29, 1.82) is 0 Å². The molecule has 2 atom stereocenters. The van der Waals surface area contributed by atoms with Gasteiger partial charge in [-0.05, 0) is 43.9 Å². The second kappa shape index (κ2) is 7.60. The van der Waals surface area contributed by atoms with Gasteiger partial charge >= 0.3 is 0 Å². The van der Waals surface area contributed by atoms with Crippen molar-refractivity contribution in [2.75, 3.05) is 13.6 Å². The molecular weight excluding hydrogens is 260 g/mol. The van der Waals surface area contributed by atoms with Crippen molar-refractivity contribution < 1.29 is 4.79 Å². The molecule has 0 bridgehead atoms. The average Bonchev–Trinajstić information content (AvgIpc) is 2.44. The molecule has 0 saturated heterocycles. The van der Waals surface area contributed by atoms with Gasteiger partial charge in [0, 0.05) is 12.6 Å². The van der Waals surface area contributed by atoms with Gasteiger partial charge in [-0.1, -0.05) is 44.0 Å². The van der Waals surface area contributed by atoms with E-state index < -0.39 is 0 Å². The summed E-state index contributed by atoms with van der Waals surface area (Å²) in [6.45, 7) is 5.66. The number of benzene rings is 1. The molecule has 21 heavy (non-hydrogen) atoms. The molecule has 0 spiro atoms. The fourth-order valence-electron chi connectivity index (χ4n) is 3.16. The molecule has 2 rings (SSSR count). The summed E-state index contributed by atoms with van der Waals surface area (Å²) in [6.07, 6.45) is 4.92. The molecule has 3 heteroatoms. The highest BCUT2D eigenvalue weighted by atomic mass is 16.2. The SMILES string of the molecule is Cc1ccccc1CN(C)CC(=O)N[C@H]1CCCC[C@H]1C. The van der Waals surface area contributed by atoms with Crippen LogP contribution in [0.4, 0.5) is 0 Å². The Morgan fingerprint density at radius 3 is 2.71 bits per heavy atom. The van der Waals surface area contributed by atoms with E-state index >= 15 is 0 Å². The second-order valence-electron chi connectivity index (χ2n) is 6.53. The quantitative estimate of drug-likeness (QED) is 0.903. The summed E-state index contributed by atoms with van der Waals surface area (Å²) >= 11 is 0. The molecule has 0 heterocycles. The summed E-state index contributed by atoms with van der Waals surface area (Å²) in [7, 11) is 2.01. The average molecular weight is 288 g/mol. The lowest BCUT2D eigenvalue weighted by atomic mass is 9.86. The minimum atomic E-state index is 0.157. The molecule has 1 saturated carbocycles. The lowest BCUT2D eigenvalue weighted by Gasteiger charge is -2.30. The van der Waals surface area contributed by atoms with E-state index in [9.17, 15) is 4.79 Å². The summed E-state index contributed by atoms with van der Waals surface area (Å²) in [5, 5.41) is 3.22. The van der Waals surface area contributed by atoms with E-state index in [1.165, 1.54) is 30.4 Å². The van der Waals surface area contributed by atoms with Crippen molar-refractivity contribution in [2.45, 2.75) is 52.1 Å². The van der Waals surface area contributed by atoms with Crippen LogP contribution in [0.5, 0.6) is 0 Å². The van der Waals surface area contributed by atoms with Gasteiger partial charge in [0.1, 0.15) is 0 Å². The molecule has 1 aromatic rings. The van der Waals surface area contributed by atoms with Gasteiger partial charge in [-0.3, -0.25) is 9.69 Å². The molecular formula is C18H28N2O. The zero-order chi connectivity index (χ0) is 15.2.